The van der Waals surface area contributed by atoms with Gasteiger partial charge in [0.2, 0.25) is 0 Å². The summed E-state index contributed by atoms with van der Waals surface area (Å²) in [5.41, 5.74) is 0.204. The molecule has 0 aliphatic heterocycles. The summed E-state index contributed by atoms with van der Waals surface area (Å²) in [7, 11) is 0. The molecule has 0 bridgehead atoms. The Morgan fingerprint density at radius 1 is 1.43 bits per heavy atom. The molecule has 2 amide bonds. The number of tetrazole rings is 1. The molecule has 0 saturated heterocycles. The van der Waals surface area contributed by atoms with Crippen molar-refractivity contribution in [2.45, 2.75) is 13.0 Å². The minimum absolute atomic E-state index is 0.0147. The van der Waals surface area contributed by atoms with E-state index in [0.717, 1.165) is 0 Å². The number of H-pyrrole nitrogens is 1. The molecular weight excluding hydrogens is 300 g/mol. The second kappa shape index (κ2) is 6.18. The molecule has 10 heteroatoms. The molecule has 2 aromatic rings. The van der Waals surface area contributed by atoms with Crippen molar-refractivity contribution < 1.29 is 14.7 Å². The highest BCUT2D eigenvalue weighted by atomic mass is 35.5. The molecule has 21 heavy (non-hydrogen) atoms. The van der Waals surface area contributed by atoms with Gasteiger partial charge in [0.05, 0.1) is 22.3 Å². The Morgan fingerprint density at radius 3 is 2.81 bits per heavy atom. The van der Waals surface area contributed by atoms with E-state index in [1.165, 1.54) is 18.2 Å². The summed E-state index contributed by atoms with van der Waals surface area (Å²) in [6, 6.07) is 2.95. The number of aromatic carboxylic acids is 1. The van der Waals surface area contributed by atoms with Gasteiger partial charge >= 0.3 is 12.0 Å². The lowest BCUT2D eigenvalue weighted by Crippen LogP contribution is -2.31. The third-order valence-electron chi connectivity index (χ3n) is 2.56. The quantitative estimate of drug-likeness (QED) is 0.675. The van der Waals surface area contributed by atoms with Gasteiger partial charge in [-0.25, -0.2) is 9.59 Å². The minimum atomic E-state index is -1.12. The van der Waals surface area contributed by atoms with Crippen LogP contribution in [0.5, 0.6) is 0 Å². The molecule has 4 N–H and O–H groups in total. The van der Waals surface area contributed by atoms with Gasteiger partial charge in [0.25, 0.3) is 0 Å². The summed E-state index contributed by atoms with van der Waals surface area (Å²) in [4.78, 5) is 22.7. The molecule has 1 atom stereocenters. The third kappa shape index (κ3) is 3.66. The van der Waals surface area contributed by atoms with Gasteiger partial charge in [0.15, 0.2) is 5.82 Å². The molecular formula is C11H11ClN6O3. The van der Waals surface area contributed by atoms with Gasteiger partial charge in [-0.2, -0.15) is 5.21 Å². The number of carboxylic acids is 1. The summed E-state index contributed by atoms with van der Waals surface area (Å²) in [5.74, 6) is -0.800. The van der Waals surface area contributed by atoms with Crippen molar-refractivity contribution in [1.29, 1.82) is 0 Å². The van der Waals surface area contributed by atoms with Gasteiger partial charge in [-0.1, -0.05) is 16.8 Å². The Kier molecular flexibility index (Phi) is 4.33. The first kappa shape index (κ1) is 14.7. The average Bonchev–Trinajstić information content (AvgIpc) is 2.95. The summed E-state index contributed by atoms with van der Waals surface area (Å²) in [6.07, 6.45) is 0. The van der Waals surface area contributed by atoms with E-state index in [1.54, 1.807) is 6.92 Å². The first-order valence-corrected chi connectivity index (χ1v) is 6.19. The third-order valence-corrected chi connectivity index (χ3v) is 2.89. The van der Waals surface area contributed by atoms with Crippen LogP contribution in [-0.2, 0) is 0 Å². The second-order valence-electron chi connectivity index (χ2n) is 4.09. The van der Waals surface area contributed by atoms with E-state index >= 15 is 0 Å². The molecule has 0 aliphatic carbocycles. The number of nitrogens with one attached hydrogen (secondary N) is 3. The highest BCUT2D eigenvalue weighted by Gasteiger charge is 2.15. The van der Waals surface area contributed by atoms with Gasteiger partial charge < -0.3 is 15.7 Å². The van der Waals surface area contributed by atoms with Crippen LogP contribution in [0, 0.1) is 0 Å². The Labute approximate surface area is 123 Å². The van der Waals surface area contributed by atoms with Gasteiger partial charge in [-0.15, -0.1) is 10.2 Å². The summed E-state index contributed by atoms with van der Waals surface area (Å²) in [6.45, 7) is 1.67. The van der Waals surface area contributed by atoms with Crippen molar-refractivity contribution in [3.05, 3.63) is 34.6 Å². The Bertz CT molecular complexity index is 660. The van der Waals surface area contributed by atoms with E-state index < -0.39 is 18.0 Å². The summed E-state index contributed by atoms with van der Waals surface area (Å²) in [5, 5.41) is 27.3. The van der Waals surface area contributed by atoms with Crippen LogP contribution in [0.1, 0.15) is 29.1 Å². The smallest absolute Gasteiger partial charge is 0.335 e. The molecule has 0 aliphatic rings. The van der Waals surface area contributed by atoms with Crippen LogP contribution in [0.2, 0.25) is 5.02 Å². The molecule has 1 heterocycles. The van der Waals surface area contributed by atoms with Crippen molar-refractivity contribution in [1.82, 2.24) is 25.9 Å². The SMILES string of the molecule is CC(NC(=O)Nc1cc(C(=O)O)ccc1Cl)c1nn[nH]n1. The van der Waals surface area contributed by atoms with E-state index in [-0.39, 0.29) is 16.3 Å². The molecule has 2 rings (SSSR count). The van der Waals surface area contributed by atoms with Crippen LogP contribution >= 0.6 is 11.6 Å². The first-order valence-electron chi connectivity index (χ1n) is 5.81. The molecule has 1 aromatic heterocycles. The van der Waals surface area contributed by atoms with E-state index in [1.807, 2.05) is 0 Å². The molecule has 0 fully saturated rings. The standard InChI is InChI=1S/C11H11ClN6O3/c1-5(9-15-17-18-16-9)13-11(21)14-8-4-6(10(19)20)2-3-7(8)12/h2-5H,1H3,(H,19,20)(H2,13,14,21)(H,15,16,17,18). The number of carbonyl (C=O) groups is 2. The van der Waals surface area contributed by atoms with Crippen LogP contribution in [0.3, 0.4) is 0 Å². The Morgan fingerprint density at radius 2 is 2.19 bits per heavy atom. The molecule has 0 spiro atoms. The summed E-state index contributed by atoms with van der Waals surface area (Å²) < 4.78 is 0. The number of carboxylic acid groups (broad SMARTS) is 1. The minimum Gasteiger partial charge on any atom is -0.478 e. The lowest BCUT2D eigenvalue weighted by molar-refractivity contribution is 0.0697. The number of hydrogen-bond acceptors (Lipinski definition) is 5. The molecule has 0 saturated carbocycles. The summed E-state index contributed by atoms with van der Waals surface area (Å²) >= 11 is 5.91. The number of benzene rings is 1. The van der Waals surface area contributed by atoms with E-state index in [9.17, 15) is 9.59 Å². The maximum atomic E-state index is 11.8. The predicted molar refractivity (Wildman–Crippen MR) is 73.2 cm³/mol. The number of aromatic nitrogens is 4. The number of hydrogen-bond donors (Lipinski definition) is 4. The van der Waals surface area contributed by atoms with Crippen molar-refractivity contribution in [3.8, 4) is 0 Å². The number of anilines is 1. The maximum Gasteiger partial charge on any atom is 0.335 e. The lowest BCUT2D eigenvalue weighted by Gasteiger charge is -2.12. The number of aromatic amines is 1. The van der Waals surface area contributed by atoms with Gasteiger partial charge in [-0.3, -0.25) is 0 Å². The first-order chi connectivity index (χ1) is 9.97. The zero-order valence-corrected chi connectivity index (χ0v) is 11.5. The lowest BCUT2D eigenvalue weighted by atomic mass is 10.2. The number of amides is 2. The predicted octanol–water partition coefficient (Wildman–Crippen LogP) is 1.43. The highest BCUT2D eigenvalue weighted by molar-refractivity contribution is 6.33. The number of nitrogens with zero attached hydrogens (tertiary/aromatic N) is 3. The van der Waals surface area contributed by atoms with Gasteiger partial charge in [0, 0.05) is 0 Å². The van der Waals surface area contributed by atoms with Crippen LogP contribution in [0.4, 0.5) is 10.5 Å². The molecule has 1 unspecified atom stereocenters. The van der Waals surface area contributed by atoms with Crippen LogP contribution in [0.15, 0.2) is 18.2 Å². The number of carbonyl (C=O) groups excluding carboxylic acids is 1. The largest absolute Gasteiger partial charge is 0.478 e. The zero-order valence-electron chi connectivity index (χ0n) is 10.8. The van der Waals surface area contributed by atoms with E-state index in [2.05, 4.69) is 31.3 Å². The number of halogens is 1. The van der Waals surface area contributed by atoms with Gasteiger partial charge in [-0.05, 0) is 25.1 Å². The molecule has 0 radical (unpaired) electrons. The second-order valence-corrected chi connectivity index (χ2v) is 4.50. The fourth-order valence-electron chi connectivity index (χ4n) is 1.53. The number of rotatable bonds is 4. The van der Waals surface area contributed by atoms with Gasteiger partial charge in [0.1, 0.15) is 0 Å². The average molecular weight is 311 g/mol. The van der Waals surface area contributed by atoms with Crippen LogP contribution < -0.4 is 10.6 Å². The molecule has 110 valence electrons. The van der Waals surface area contributed by atoms with Crippen LogP contribution in [-0.4, -0.2) is 37.7 Å². The van der Waals surface area contributed by atoms with Crippen molar-refractivity contribution >= 4 is 29.3 Å². The molecule has 1 aromatic carbocycles. The Hall–Kier alpha value is -2.68. The highest BCUT2D eigenvalue weighted by Crippen LogP contribution is 2.23. The van der Waals surface area contributed by atoms with Crippen molar-refractivity contribution in [3.63, 3.8) is 0 Å². The normalized spacial score (nSPS) is 11.7. The van der Waals surface area contributed by atoms with E-state index in [4.69, 9.17) is 16.7 Å². The van der Waals surface area contributed by atoms with Crippen molar-refractivity contribution in [2.75, 3.05) is 5.32 Å². The Balaban J connectivity index is 2.05. The fraction of sp³-hybridized carbons (Fsp3) is 0.182. The van der Waals surface area contributed by atoms with Crippen molar-refractivity contribution in [2.24, 2.45) is 0 Å². The topological polar surface area (TPSA) is 133 Å². The fourth-order valence-corrected chi connectivity index (χ4v) is 1.69. The van der Waals surface area contributed by atoms with E-state index in [0.29, 0.717) is 5.82 Å². The van der Waals surface area contributed by atoms with Crippen LogP contribution in [0.25, 0.3) is 0 Å². The number of urea groups is 1. The zero-order chi connectivity index (χ0) is 15.4. The molecule has 9 nitrogen and oxygen atoms in total. The maximum absolute atomic E-state index is 11.8. The monoisotopic (exact) mass is 310 g/mol.